The van der Waals surface area contributed by atoms with Gasteiger partial charge in [-0.3, -0.25) is 4.79 Å². The van der Waals surface area contributed by atoms with E-state index in [4.69, 9.17) is 44.3 Å². The number of esters is 1. The van der Waals surface area contributed by atoms with Gasteiger partial charge in [-0.05, 0) is 24.1 Å². The van der Waals surface area contributed by atoms with Gasteiger partial charge in [-0.2, -0.15) is 8.78 Å². The lowest BCUT2D eigenvalue weighted by Crippen LogP contribution is -2.11. The Morgan fingerprint density at radius 2 is 2.09 bits per heavy atom. The van der Waals surface area contributed by atoms with Gasteiger partial charge in [-0.25, -0.2) is 0 Å². The lowest BCUT2D eigenvalue weighted by atomic mass is 10.2. The van der Waals surface area contributed by atoms with E-state index in [0.29, 0.717) is 12.0 Å². The maximum Gasteiger partial charge on any atom is 0.387 e. The van der Waals surface area contributed by atoms with E-state index in [1.807, 2.05) is 0 Å². The largest absolute Gasteiger partial charge is 0.493 e. The third-order valence-electron chi connectivity index (χ3n) is 2.99. The molecule has 2 rings (SSSR count). The van der Waals surface area contributed by atoms with Crippen molar-refractivity contribution in [2.24, 2.45) is 5.92 Å². The summed E-state index contributed by atoms with van der Waals surface area (Å²) in [5.41, 5.74) is 0.451. The van der Waals surface area contributed by atoms with Crippen molar-refractivity contribution in [3.8, 4) is 11.5 Å². The molecule has 1 aliphatic carbocycles. The normalized spacial score (nSPS) is 19.0. The van der Waals surface area contributed by atoms with Crippen molar-refractivity contribution in [1.82, 2.24) is 0 Å². The summed E-state index contributed by atoms with van der Waals surface area (Å²) in [6, 6.07) is 2.73. The second kappa shape index (κ2) is 6.64. The van der Waals surface area contributed by atoms with Gasteiger partial charge >= 0.3 is 12.6 Å². The number of hydrogen-bond donors (Lipinski definition) is 0. The molecule has 1 aromatic rings. The van der Waals surface area contributed by atoms with Gasteiger partial charge in [0.25, 0.3) is 0 Å². The molecule has 9 heteroatoms. The van der Waals surface area contributed by atoms with Crippen molar-refractivity contribution in [3.63, 3.8) is 0 Å². The summed E-state index contributed by atoms with van der Waals surface area (Å²) >= 11 is 17.4. The molecule has 0 radical (unpaired) electrons. The van der Waals surface area contributed by atoms with Crippen molar-refractivity contribution in [2.75, 3.05) is 7.11 Å². The van der Waals surface area contributed by atoms with E-state index in [1.165, 1.54) is 19.2 Å². The van der Waals surface area contributed by atoms with Gasteiger partial charge in [0.15, 0.2) is 11.5 Å². The minimum absolute atomic E-state index is 0.00862. The van der Waals surface area contributed by atoms with Gasteiger partial charge in [0, 0.05) is 0 Å². The topological polar surface area (TPSA) is 44.8 Å². The van der Waals surface area contributed by atoms with Crippen LogP contribution in [0, 0.1) is 5.92 Å². The Morgan fingerprint density at radius 3 is 2.59 bits per heavy atom. The van der Waals surface area contributed by atoms with Gasteiger partial charge in [-0.1, -0.05) is 11.6 Å². The smallest absolute Gasteiger partial charge is 0.387 e. The van der Waals surface area contributed by atoms with E-state index in [0.717, 1.165) is 0 Å². The molecule has 0 spiro atoms. The molecule has 0 saturated heterocycles. The van der Waals surface area contributed by atoms with Crippen LogP contribution in [-0.4, -0.2) is 24.0 Å². The average Bonchev–Trinajstić information content (AvgIpc) is 3.07. The van der Waals surface area contributed by atoms with Crippen LogP contribution in [-0.2, 0) is 16.1 Å². The SMILES string of the molecule is COc1cc(COC(=O)C2CC2(Cl)Cl)cc(Cl)c1OC(F)F. The number of rotatable bonds is 6. The van der Waals surface area contributed by atoms with Crippen LogP contribution in [0.1, 0.15) is 12.0 Å². The highest BCUT2D eigenvalue weighted by molar-refractivity contribution is 6.52. The maximum absolute atomic E-state index is 12.3. The number of methoxy groups -OCH3 is 1. The summed E-state index contributed by atoms with van der Waals surface area (Å²) < 4.78 is 37.8. The van der Waals surface area contributed by atoms with E-state index in [-0.39, 0.29) is 23.1 Å². The number of halogens is 5. The Hall–Kier alpha value is -0.980. The molecule has 0 aliphatic heterocycles. The van der Waals surface area contributed by atoms with Crippen molar-refractivity contribution in [3.05, 3.63) is 22.7 Å². The summed E-state index contributed by atoms with van der Waals surface area (Å²) in [5.74, 6) is -1.37. The molecule has 1 saturated carbocycles. The molecule has 4 nitrogen and oxygen atoms in total. The quantitative estimate of drug-likeness (QED) is 0.552. The molecule has 1 aromatic carbocycles. The van der Waals surface area contributed by atoms with Gasteiger partial charge < -0.3 is 14.2 Å². The number of hydrogen-bond acceptors (Lipinski definition) is 4. The summed E-state index contributed by atoms with van der Waals surface area (Å²) in [6.45, 7) is -3.16. The van der Waals surface area contributed by atoms with Crippen LogP contribution in [0.3, 0.4) is 0 Å². The lowest BCUT2D eigenvalue weighted by molar-refractivity contribution is -0.146. The molecule has 22 heavy (non-hydrogen) atoms. The summed E-state index contributed by atoms with van der Waals surface area (Å²) in [4.78, 5) is 11.7. The summed E-state index contributed by atoms with van der Waals surface area (Å²) in [6.07, 6.45) is 0.334. The highest BCUT2D eigenvalue weighted by Crippen LogP contribution is 2.53. The zero-order valence-electron chi connectivity index (χ0n) is 11.2. The fourth-order valence-electron chi connectivity index (χ4n) is 1.78. The van der Waals surface area contributed by atoms with Crippen LogP contribution in [0.15, 0.2) is 12.1 Å². The molecule has 1 fully saturated rings. The molecule has 0 heterocycles. The molecule has 1 aliphatic rings. The minimum Gasteiger partial charge on any atom is -0.493 e. The Bertz CT molecular complexity index is 581. The van der Waals surface area contributed by atoms with Gasteiger partial charge in [0.2, 0.25) is 0 Å². The van der Waals surface area contributed by atoms with Gasteiger partial charge in [0.05, 0.1) is 18.1 Å². The maximum atomic E-state index is 12.3. The van der Waals surface area contributed by atoms with Crippen LogP contribution in [0.2, 0.25) is 5.02 Å². The third kappa shape index (κ3) is 4.06. The Morgan fingerprint density at radius 1 is 1.45 bits per heavy atom. The highest BCUT2D eigenvalue weighted by Gasteiger charge is 2.57. The Labute approximate surface area is 140 Å². The first-order chi connectivity index (χ1) is 10.2. The molecule has 0 bridgehead atoms. The van der Waals surface area contributed by atoms with Crippen LogP contribution in [0.4, 0.5) is 8.78 Å². The van der Waals surface area contributed by atoms with Crippen molar-refractivity contribution < 1.29 is 27.8 Å². The molecular formula is C13H11Cl3F2O4. The molecular weight excluding hydrogens is 364 g/mol. The van der Waals surface area contributed by atoms with Gasteiger partial charge in [-0.15, -0.1) is 23.2 Å². The van der Waals surface area contributed by atoms with Crippen molar-refractivity contribution >= 4 is 40.8 Å². The highest BCUT2D eigenvalue weighted by atomic mass is 35.5. The van der Waals surface area contributed by atoms with E-state index < -0.39 is 22.8 Å². The van der Waals surface area contributed by atoms with Crippen molar-refractivity contribution in [1.29, 1.82) is 0 Å². The molecule has 1 atom stereocenters. The van der Waals surface area contributed by atoms with Crippen LogP contribution >= 0.6 is 34.8 Å². The number of benzene rings is 1. The third-order valence-corrected chi connectivity index (χ3v) is 4.10. The molecule has 0 aromatic heterocycles. The van der Waals surface area contributed by atoms with Crippen molar-refractivity contribution in [2.45, 2.75) is 24.0 Å². The number of ether oxygens (including phenoxy) is 3. The summed E-state index contributed by atoms with van der Waals surface area (Å²) in [5, 5.41) is -0.0823. The monoisotopic (exact) mass is 374 g/mol. The van der Waals surface area contributed by atoms with Crippen LogP contribution < -0.4 is 9.47 Å². The van der Waals surface area contributed by atoms with E-state index in [1.54, 1.807) is 0 Å². The Kier molecular flexibility index (Phi) is 5.25. The van der Waals surface area contributed by atoms with Crippen LogP contribution in [0.25, 0.3) is 0 Å². The first-order valence-electron chi connectivity index (χ1n) is 6.10. The Balaban J connectivity index is 2.06. The van der Waals surface area contributed by atoms with E-state index >= 15 is 0 Å². The predicted octanol–water partition coefficient (Wildman–Crippen LogP) is 4.19. The minimum atomic E-state index is -3.04. The zero-order valence-corrected chi connectivity index (χ0v) is 13.5. The molecule has 0 amide bonds. The second-order valence-electron chi connectivity index (χ2n) is 4.61. The first-order valence-corrected chi connectivity index (χ1v) is 7.23. The molecule has 1 unspecified atom stereocenters. The van der Waals surface area contributed by atoms with E-state index in [2.05, 4.69) is 4.74 Å². The second-order valence-corrected chi connectivity index (χ2v) is 6.56. The zero-order chi connectivity index (χ0) is 16.5. The number of alkyl halides is 4. The van der Waals surface area contributed by atoms with E-state index in [9.17, 15) is 13.6 Å². The molecule has 122 valence electrons. The number of carbonyl (C=O) groups is 1. The van der Waals surface area contributed by atoms with Crippen LogP contribution in [0.5, 0.6) is 11.5 Å². The van der Waals surface area contributed by atoms with Gasteiger partial charge in [0.1, 0.15) is 10.9 Å². The lowest BCUT2D eigenvalue weighted by Gasteiger charge is -2.13. The first kappa shape index (κ1) is 17.4. The average molecular weight is 376 g/mol. The summed E-state index contributed by atoms with van der Waals surface area (Å²) in [7, 11) is 1.28. The standard InChI is InChI=1S/C13H11Cl3F2O4/c1-20-9-3-6(2-8(14)10(9)22-12(17)18)5-21-11(19)7-4-13(7,15)16/h2-3,7,12H,4-5H2,1H3. The molecule has 0 N–H and O–H groups in total. The predicted molar refractivity (Wildman–Crippen MR) is 77.0 cm³/mol. The fourth-order valence-corrected chi connectivity index (χ4v) is 2.55. The fraction of sp³-hybridized carbons (Fsp3) is 0.462. The number of carbonyl (C=O) groups excluding carboxylic acids is 1.